The van der Waals surface area contributed by atoms with E-state index in [1.165, 1.54) is 12.1 Å². The number of nitrogens with zero attached hydrogens (tertiary/aromatic N) is 3. The Morgan fingerprint density at radius 3 is 2.96 bits per heavy atom. The molecule has 0 bridgehead atoms. The molecule has 1 aliphatic rings. The van der Waals surface area contributed by atoms with E-state index in [1.807, 2.05) is 6.07 Å². The van der Waals surface area contributed by atoms with Crippen LogP contribution in [0.5, 0.6) is 0 Å². The van der Waals surface area contributed by atoms with Gasteiger partial charge in [0.05, 0.1) is 11.6 Å². The maximum atomic E-state index is 13.4. The number of hydrogen-bond acceptors (Lipinski definition) is 5. The zero-order valence-corrected chi connectivity index (χ0v) is 15.9. The molecule has 2 aromatic heterocycles. The number of halogens is 1. The molecule has 0 saturated carbocycles. The molecule has 7 heteroatoms. The molecule has 1 aliphatic heterocycles. The summed E-state index contributed by atoms with van der Waals surface area (Å²) in [6, 6.07) is 8.09. The van der Waals surface area contributed by atoms with Crippen LogP contribution in [0.25, 0.3) is 0 Å². The van der Waals surface area contributed by atoms with Crippen LogP contribution in [0.4, 0.5) is 4.39 Å². The topological polar surface area (TPSA) is 72.4 Å². The summed E-state index contributed by atoms with van der Waals surface area (Å²) in [5.41, 5.74) is 0.767. The average Bonchev–Trinajstić information content (AvgIpc) is 3.31. The number of aryl methyl sites for hydroxylation is 1. The lowest BCUT2D eigenvalue weighted by atomic mass is 9.81. The van der Waals surface area contributed by atoms with Crippen LogP contribution in [0.3, 0.4) is 0 Å². The molecule has 6 nitrogen and oxygen atoms in total. The summed E-state index contributed by atoms with van der Waals surface area (Å²) in [7, 11) is 0. The monoisotopic (exact) mass is 383 g/mol. The standard InChI is InChI=1S/C21H22FN3O3/c1-14-9-18(24-28-14)19(26)25-8-4-7-21(2,13-25)20-23-12-17(27-20)11-15-5-3-6-16(22)10-15/h3,5-6,9-10,12H,4,7-8,11,13H2,1-2H3/t21-/m0/s1. The molecule has 1 atom stereocenters. The highest BCUT2D eigenvalue weighted by atomic mass is 19.1. The Labute approximate surface area is 162 Å². The van der Waals surface area contributed by atoms with Crippen molar-refractivity contribution in [3.63, 3.8) is 0 Å². The van der Waals surface area contributed by atoms with Crippen LogP contribution in [-0.4, -0.2) is 34.0 Å². The molecule has 146 valence electrons. The third-order valence-electron chi connectivity index (χ3n) is 5.17. The van der Waals surface area contributed by atoms with E-state index < -0.39 is 0 Å². The number of likely N-dealkylation sites (tertiary alicyclic amines) is 1. The summed E-state index contributed by atoms with van der Waals surface area (Å²) in [5.74, 6) is 1.48. The van der Waals surface area contributed by atoms with E-state index in [-0.39, 0.29) is 17.1 Å². The molecule has 0 aliphatic carbocycles. The van der Waals surface area contributed by atoms with Gasteiger partial charge in [0, 0.05) is 25.6 Å². The molecule has 1 saturated heterocycles. The highest BCUT2D eigenvalue weighted by Gasteiger charge is 2.39. The van der Waals surface area contributed by atoms with Crippen molar-refractivity contribution in [3.8, 4) is 0 Å². The Hall–Kier alpha value is -2.96. The van der Waals surface area contributed by atoms with Gasteiger partial charge in [-0.05, 0) is 44.4 Å². The van der Waals surface area contributed by atoms with E-state index in [9.17, 15) is 9.18 Å². The molecule has 4 rings (SSSR count). The van der Waals surface area contributed by atoms with Gasteiger partial charge in [0.15, 0.2) is 5.69 Å². The van der Waals surface area contributed by atoms with Gasteiger partial charge in [0.2, 0.25) is 5.89 Å². The lowest BCUT2D eigenvalue weighted by Gasteiger charge is -2.38. The molecule has 28 heavy (non-hydrogen) atoms. The maximum Gasteiger partial charge on any atom is 0.276 e. The Bertz CT molecular complexity index is 996. The van der Waals surface area contributed by atoms with Crippen molar-refractivity contribution < 1.29 is 18.1 Å². The fourth-order valence-electron chi connectivity index (χ4n) is 3.73. The smallest absolute Gasteiger partial charge is 0.276 e. The molecule has 3 aromatic rings. The highest BCUT2D eigenvalue weighted by molar-refractivity contribution is 5.92. The number of hydrogen-bond donors (Lipinski definition) is 0. The van der Waals surface area contributed by atoms with Gasteiger partial charge in [-0.15, -0.1) is 0 Å². The quantitative estimate of drug-likeness (QED) is 0.683. The van der Waals surface area contributed by atoms with Gasteiger partial charge in [0.25, 0.3) is 5.91 Å². The summed E-state index contributed by atoms with van der Waals surface area (Å²) in [6.07, 6.45) is 3.88. The number of rotatable bonds is 4. The zero-order chi connectivity index (χ0) is 19.7. The number of oxazole rings is 1. The van der Waals surface area contributed by atoms with Crippen LogP contribution < -0.4 is 0 Å². The van der Waals surface area contributed by atoms with Gasteiger partial charge in [-0.1, -0.05) is 17.3 Å². The first-order chi connectivity index (χ1) is 13.4. The van der Waals surface area contributed by atoms with Crippen molar-refractivity contribution >= 4 is 5.91 Å². The van der Waals surface area contributed by atoms with E-state index in [2.05, 4.69) is 17.1 Å². The molecular weight excluding hydrogens is 361 g/mol. The number of carbonyl (C=O) groups is 1. The van der Waals surface area contributed by atoms with Crippen LogP contribution in [-0.2, 0) is 11.8 Å². The number of benzene rings is 1. The number of piperidine rings is 1. The van der Waals surface area contributed by atoms with E-state index >= 15 is 0 Å². The van der Waals surface area contributed by atoms with Crippen LogP contribution in [0.15, 0.2) is 45.5 Å². The minimum atomic E-state index is -0.382. The summed E-state index contributed by atoms with van der Waals surface area (Å²) in [6.45, 7) is 4.98. The summed E-state index contributed by atoms with van der Waals surface area (Å²) < 4.78 is 24.4. The van der Waals surface area contributed by atoms with E-state index in [1.54, 1.807) is 30.2 Å². The molecule has 0 radical (unpaired) electrons. The molecule has 0 N–H and O–H groups in total. The third-order valence-corrected chi connectivity index (χ3v) is 5.17. The second-order valence-electron chi connectivity index (χ2n) is 7.65. The van der Waals surface area contributed by atoms with Crippen molar-refractivity contribution in [3.05, 3.63) is 71.0 Å². The largest absolute Gasteiger partial charge is 0.445 e. The minimum Gasteiger partial charge on any atom is -0.445 e. The molecular formula is C21H22FN3O3. The fourth-order valence-corrected chi connectivity index (χ4v) is 3.73. The van der Waals surface area contributed by atoms with Gasteiger partial charge in [-0.25, -0.2) is 9.37 Å². The number of aromatic nitrogens is 2. The average molecular weight is 383 g/mol. The fraction of sp³-hybridized carbons (Fsp3) is 0.381. The zero-order valence-electron chi connectivity index (χ0n) is 15.9. The molecule has 3 heterocycles. The van der Waals surface area contributed by atoms with Crippen LogP contribution in [0.2, 0.25) is 0 Å². The van der Waals surface area contributed by atoms with Crippen molar-refractivity contribution in [2.24, 2.45) is 0 Å². The maximum absolute atomic E-state index is 13.4. The molecule has 1 fully saturated rings. The number of carbonyl (C=O) groups excluding carboxylic acids is 1. The molecule has 1 amide bonds. The predicted octanol–water partition coefficient (Wildman–Crippen LogP) is 3.89. The van der Waals surface area contributed by atoms with Crippen molar-refractivity contribution in [1.29, 1.82) is 0 Å². The van der Waals surface area contributed by atoms with Crippen molar-refractivity contribution in [2.45, 2.75) is 38.5 Å². The minimum absolute atomic E-state index is 0.144. The second-order valence-corrected chi connectivity index (χ2v) is 7.65. The first kappa shape index (κ1) is 18.4. The van der Waals surface area contributed by atoms with Gasteiger partial charge in [-0.2, -0.15) is 0 Å². The van der Waals surface area contributed by atoms with E-state index in [0.29, 0.717) is 42.6 Å². The summed E-state index contributed by atoms with van der Waals surface area (Å²) in [5, 5.41) is 3.83. The van der Waals surface area contributed by atoms with Crippen LogP contribution in [0.1, 0.15) is 53.2 Å². The SMILES string of the molecule is Cc1cc(C(=O)N2CCC[C@](C)(c3ncc(Cc4cccc(F)c4)o3)C2)no1. The lowest BCUT2D eigenvalue weighted by Crippen LogP contribution is -2.47. The van der Waals surface area contributed by atoms with Crippen LogP contribution >= 0.6 is 0 Å². The van der Waals surface area contributed by atoms with E-state index in [4.69, 9.17) is 8.94 Å². The van der Waals surface area contributed by atoms with Gasteiger partial charge in [0.1, 0.15) is 17.3 Å². The Balaban J connectivity index is 1.50. The van der Waals surface area contributed by atoms with Gasteiger partial charge in [-0.3, -0.25) is 4.79 Å². The number of amides is 1. The van der Waals surface area contributed by atoms with Gasteiger partial charge >= 0.3 is 0 Å². The second kappa shape index (κ2) is 7.22. The van der Waals surface area contributed by atoms with E-state index in [0.717, 1.165) is 18.4 Å². The summed E-state index contributed by atoms with van der Waals surface area (Å²) >= 11 is 0. The Kier molecular flexibility index (Phi) is 4.75. The predicted molar refractivity (Wildman–Crippen MR) is 99.4 cm³/mol. The van der Waals surface area contributed by atoms with Crippen molar-refractivity contribution in [1.82, 2.24) is 15.0 Å². The third kappa shape index (κ3) is 3.69. The Morgan fingerprint density at radius 1 is 1.36 bits per heavy atom. The first-order valence-electron chi connectivity index (χ1n) is 9.35. The summed E-state index contributed by atoms with van der Waals surface area (Å²) in [4.78, 5) is 19.0. The van der Waals surface area contributed by atoms with Crippen molar-refractivity contribution in [2.75, 3.05) is 13.1 Å². The first-order valence-corrected chi connectivity index (χ1v) is 9.35. The normalized spacial score (nSPS) is 19.8. The molecule has 0 unspecified atom stereocenters. The van der Waals surface area contributed by atoms with Gasteiger partial charge < -0.3 is 13.8 Å². The molecule has 0 spiro atoms. The van der Waals surface area contributed by atoms with Crippen LogP contribution in [0, 0.1) is 12.7 Å². The lowest BCUT2D eigenvalue weighted by molar-refractivity contribution is 0.0615. The Morgan fingerprint density at radius 2 is 2.21 bits per heavy atom. The highest BCUT2D eigenvalue weighted by Crippen LogP contribution is 2.34. The molecule has 1 aromatic carbocycles.